The molecule has 34 heavy (non-hydrogen) atoms. The first-order valence-electron chi connectivity index (χ1n) is 11.7. The van der Waals surface area contributed by atoms with Crippen molar-refractivity contribution in [1.29, 1.82) is 0 Å². The van der Waals surface area contributed by atoms with E-state index in [1.165, 1.54) is 5.56 Å². The second-order valence-corrected chi connectivity index (χ2v) is 8.95. The molecule has 1 aromatic heterocycles. The Labute approximate surface area is 200 Å². The summed E-state index contributed by atoms with van der Waals surface area (Å²) in [5, 5.41) is 7.46. The summed E-state index contributed by atoms with van der Waals surface area (Å²) in [6.07, 6.45) is 5.10. The largest absolute Gasteiger partial charge is 0.493 e. The Balaban J connectivity index is 1.50. The molecule has 2 N–H and O–H groups in total. The van der Waals surface area contributed by atoms with E-state index in [2.05, 4.69) is 39.7 Å². The zero-order valence-electron chi connectivity index (χ0n) is 20.2. The average Bonchev–Trinajstić information content (AvgIpc) is 2.85. The summed E-state index contributed by atoms with van der Waals surface area (Å²) in [6, 6.07) is 14.3. The van der Waals surface area contributed by atoms with Crippen molar-refractivity contribution in [1.82, 2.24) is 20.2 Å². The summed E-state index contributed by atoms with van der Waals surface area (Å²) >= 11 is 0. The molecule has 8 nitrogen and oxygen atoms in total. The van der Waals surface area contributed by atoms with Crippen LogP contribution in [0.3, 0.4) is 0 Å². The van der Waals surface area contributed by atoms with Gasteiger partial charge in [-0.05, 0) is 44.2 Å². The van der Waals surface area contributed by atoms with Crippen LogP contribution in [0.5, 0.6) is 11.5 Å². The van der Waals surface area contributed by atoms with E-state index in [9.17, 15) is 4.79 Å². The number of hydrogen-bond donors (Lipinski definition) is 2. The SMILES string of the molecule is COc1cc2ncnc(N[C@H](C)c3ccccc3)c2cc1OC1CCC(NC(=O)N(C)C)CC1. The zero-order chi connectivity index (χ0) is 24.1. The van der Waals surface area contributed by atoms with Gasteiger partial charge in [-0.25, -0.2) is 14.8 Å². The fourth-order valence-electron chi connectivity index (χ4n) is 4.27. The number of amides is 2. The molecule has 0 spiro atoms. The maximum Gasteiger partial charge on any atom is 0.317 e. The predicted octanol–water partition coefficient (Wildman–Crippen LogP) is 4.77. The molecule has 0 saturated heterocycles. The molecule has 1 saturated carbocycles. The van der Waals surface area contributed by atoms with E-state index in [0.717, 1.165) is 42.4 Å². The molecule has 4 rings (SSSR count). The highest BCUT2D eigenvalue weighted by atomic mass is 16.5. The van der Waals surface area contributed by atoms with Crippen LogP contribution in [0.4, 0.5) is 10.6 Å². The first kappa shape index (κ1) is 23.6. The van der Waals surface area contributed by atoms with E-state index in [0.29, 0.717) is 11.5 Å². The molecule has 180 valence electrons. The topological polar surface area (TPSA) is 88.6 Å². The molecular formula is C26H33N5O3. The Morgan fingerprint density at radius 1 is 1.06 bits per heavy atom. The molecule has 0 unspecified atom stereocenters. The van der Waals surface area contributed by atoms with Crippen molar-refractivity contribution >= 4 is 22.8 Å². The third-order valence-electron chi connectivity index (χ3n) is 6.28. The van der Waals surface area contributed by atoms with Gasteiger partial charge >= 0.3 is 6.03 Å². The van der Waals surface area contributed by atoms with E-state index in [1.807, 2.05) is 30.3 Å². The van der Waals surface area contributed by atoms with Crippen LogP contribution in [0.2, 0.25) is 0 Å². The number of aromatic nitrogens is 2. The number of methoxy groups -OCH3 is 1. The standard InChI is InChI=1S/C26H33N5O3/c1-17(18-8-6-5-7-9-18)29-25-21-14-24(23(33-4)15-22(21)27-16-28-25)34-20-12-10-19(11-13-20)30-26(32)31(2)3/h5-9,14-17,19-20H,10-13H2,1-4H3,(H,30,32)(H,27,28,29)/t17-,19?,20?/m1/s1. The number of carbonyl (C=O) groups is 1. The van der Waals surface area contributed by atoms with Gasteiger partial charge in [0.1, 0.15) is 12.1 Å². The van der Waals surface area contributed by atoms with E-state index in [1.54, 1.807) is 32.4 Å². The van der Waals surface area contributed by atoms with Crippen molar-refractivity contribution in [3.05, 3.63) is 54.4 Å². The minimum atomic E-state index is -0.0506. The number of benzene rings is 2. The molecule has 0 aliphatic heterocycles. The van der Waals surface area contributed by atoms with Crippen molar-refractivity contribution < 1.29 is 14.3 Å². The smallest absolute Gasteiger partial charge is 0.317 e. The molecule has 1 atom stereocenters. The summed E-state index contributed by atoms with van der Waals surface area (Å²) in [5.74, 6) is 2.08. The van der Waals surface area contributed by atoms with E-state index in [4.69, 9.17) is 9.47 Å². The van der Waals surface area contributed by atoms with E-state index < -0.39 is 0 Å². The lowest BCUT2D eigenvalue weighted by atomic mass is 9.93. The first-order valence-corrected chi connectivity index (χ1v) is 11.7. The normalized spacial score (nSPS) is 18.7. The summed E-state index contributed by atoms with van der Waals surface area (Å²) < 4.78 is 12.0. The Bertz CT molecular complexity index is 1110. The molecule has 1 heterocycles. The molecule has 1 aliphatic rings. The van der Waals surface area contributed by atoms with Gasteiger partial charge in [-0.15, -0.1) is 0 Å². The second-order valence-electron chi connectivity index (χ2n) is 8.95. The van der Waals surface area contributed by atoms with Gasteiger partial charge in [-0.1, -0.05) is 30.3 Å². The van der Waals surface area contributed by atoms with Crippen LogP contribution in [-0.2, 0) is 0 Å². The van der Waals surface area contributed by atoms with Gasteiger partial charge in [-0.2, -0.15) is 0 Å². The number of fused-ring (bicyclic) bond motifs is 1. The molecule has 1 fully saturated rings. The highest BCUT2D eigenvalue weighted by molar-refractivity contribution is 5.91. The monoisotopic (exact) mass is 463 g/mol. The van der Waals surface area contributed by atoms with E-state index in [-0.39, 0.29) is 24.2 Å². The van der Waals surface area contributed by atoms with Gasteiger partial charge in [-0.3, -0.25) is 0 Å². The maximum atomic E-state index is 11.9. The Hall–Kier alpha value is -3.55. The van der Waals surface area contributed by atoms with Gasteiger partial charge in [0, 0.05) is 37.6 Å². The molecular weight excluding hydrogens is 430 g/mol. The van der Waals surface area contributed by atoms with Crippen LogP contribution >= 0.6 is 0 Å². The van der Waals surface area contributed by atoms with Crippen molar-refractivity contribution in [2.24, 2.45) is 0 Å². The van der Waals surface area contributed by atoms with Gasteiger partial charge < -0.3 is 25.0 Å². The van der Waals surface area contributed by atoms with Crippen molar-refractivity contribution in [3.63, 3.8) is 0 Å². The van der Waals surface area contributed by atoms with Crippen molar-refractivity contribution in [2.45, 2.75) is 50.8 Å². The number of carbonyl (C=O) groups excluding carboxylic acids is 1. The number of rotatable bonds is 7. The highest BCUT2D eigenvalue weighted by Crippen LogP contribution is 2.37. The fraction of sp³-hybridized carbons (Fsp3) is 0.423. The van der Waals surface area contributed by atoms with E-state index >= 15 is 0 Å². The van der Waals surface area contributed by atoms with Crippen LogP contribution in [-0.4, -0.2) is 54.2 Å². The number of ether oxygens (including phenoxy) is 2. The molecule has 3 aromatic rings. The zero-order valence-corrected chi connectivity index (χ0v) is 20.2. The molecule has 2 amide bonds. The number of nitrogens with one attached hydrogen (secondary N) is 2. The third-order valence-corrected chi connectivity index (χ3v) is 6.28. The lowest BCUT2D eigenvalue weighted by Gasteiger charge is -2.30. The van der Waals surface area contributed by atoms with Crippen LogP contribution in [0.1, 0.15) is 44.2 Å². The lowest BCUT2D eigenvalue weighted by Crippen LogP contribution is -2.44. The van der Waals surface area contributed by atoms with Gasteiger partial charge in [0.05, 0.1) is 18.7 Å². The van der Waals surface area contributed by atoms with Gasteiger partial charge in [0.15, 0.2) is 11.5 Å². The third kappa shape index (κ3) is 5.50. The number of anilines is 1. The lowest BCUT2D eigenvalue weighted by molar-refractivity contribution is 0.134. The molecule has 2 aromatic carbocycles. The second kappa shape index (κ2) is 10.6. The number of urea groups is 1. The molecule has 8 heteroatoms. The van der Waals surface area contributed by atoms with Crippen LogP contribution in [0.25, 0.3) is 10.9 Å². The van der Waals surface area contributed by atoms with Crippen LogP contribution in [0, 0.1) is 0 Å². The number of nitrogens with zero attached hydrogens (tertiary/aromatic N) is 3. The Morgan fingerprint density at radius 2 is 1.79 bits per heavy atom. The summed E-state index contributed by atoms with van der Waals surface area (Å²) in [6.45, 7) is 2.11. The minimum Gasteiger partial charge on any atom is -0.493 e. The van der Waals surface area contributed by atoms with Crippen LogP contribution in [0.15, 0.2) is 48.8 Å². The fourth-order valence-corrected chi connectivity index (χ4v) is 4.27. The summed E-state index contributed by atoms with van der Waals surface area (Å²) in [7, 11) is 5.15. The average molecular weight is 464 g/mol. The number of hydrogen-bond acceptors (Lipinski definition) is 6. The van der Waals surface area contributed by atoms with Crippen LogP contribution < -0.4 is 20.1 Å². The van der Waals surface area contributed by atoms with Crippen molar-refractivity contribution in [3.8, 4) is 11.5 Å². The summed E-state index contributed by atoms with van der Waals surface area (Å²) in [4.78, 5) is 22.4. The summed E-state index contributed by atoms with van der Waals surface area (Å²) in [5.41, 5.74) is 1.97. The molecule has 0 radical (unpaired) electrons. The molecule has 0 bridgehead atoms. The first-order chi connectivity index (χ1) is 16.4. The minimum absolute atomic E-state index is 0.0506. The highest BCUT2D eigenvalue weighted by Gasteiger charge is 2.25. The Kier molecular flexibility index (Phi) is 7.35. The maximum absolute atomic E-state index is 11.9. The molecule has 1 aliphatic carbocycles. The predicted molar refractivity (Wildman–Crippen MR) is 133 cm³/mol. The van der Waals surface area contributed by atoms with Gasteiger partial charge in [0.2, 0.25) is 0 Å². The van der Waals surface area contributed by atoms with Crippen molar-refractivity contribution in [2.75, 3.05) is 26.5 Å². The quantitative estimate of drug-likeness (QED) is 0.525. The Morgan fingerprint density at radius 3 is 2.47 bits per heavy atom. The van der Waals surface area contributed by atoms with Gasteiger partial charge in [0.25, 0.3) is 0 Å².